The third-order valence-electron chi connectivity index (χ3n) is 5.80. The van der Waals surface area contributed by atoms with Crippen molar-refractivity contribution in [2.45, 2.75) is 51.4 Å². The second-order valence-corrected chi connectivity index (χ2v) is 9.73. The maximum Gasteiger partial charge on any atom is 0.266 e. The SMILES string of the molecule is O=C(CCCCCN1C(=O)/C(=C/c2ccc3c(c2)OCO3)SC1=S)N1CCCCCC1. The predicted octanol–water partition coefficient (Wildman–Crippen LogP) is 4.58. The minimum atomic E-state index is -0.0479. The Kier molecular flexibility index (Phi) is 7.50. The summed E-state index contributed by atoms with van der Waals surface area (Å²) in [6.07, 6.45) is 9.78. The maximum absolute atomic E-state index is 12.8. The van der Waals surface area contributed by atoms with Gasteiger partial charge in [0.05, 0.1) is 4.91 Å². The van der Waals surface area contributed by atoms with Crippen LogP contribution < -0.4 is 9.47 Å². The Morgan fingerprint density at radius 1 is 1.06 bits per heavy atom. The molecule has 0 atom stereocenters. The molecule has 4 rings (SSSR count). The smallest absolute Gasteiger partial charge is 0.266 e. The number of hydrogen-bond acceptors (Lipinski definition) is 6. The second kappa shape index (κ2) is 10.5. The zero-order valence-electron chi connectivity index (χ0n) is 17.6. The number of likely N-dealkylation sites (tertiary alicyclic amines) is 1. The summed E-state index contributed by atoms with van der Waals surface area (Å²) >= 11 is 6.77. The van der Waals surface area contributed by atoms with Crippen LogP contribution in [-0.4, -0.2) is 52.4 Å². The van der Waals surface area contributed by atoms with Crippen LogP contribution in [0.25, 0.3) is 6.08 Å². The Hall–Kier alpha value is -2.06. The van der Waals surface area contributed by atoms with Gasteiger partial charge in [-0.15, -0.1) is 0 Å². The van der Waals surface area contributed by atoms with Crippen molar-refractivity contribution in [3.05, 3.63) is 28.7 Å². The van der Waals surface area contributed by atoms with Crippen LogP contribution in [0.1, 0.15) is 56.9 Å². The molecule has 31 heavy (non-hydrogen) atoms. The van der Waals surface area contributed by atoms with Crippen molar-refractivity contribution in [2.24, 2.45) is 0 Å². The highest BCUT2D eigenvalue weighted by atomic mass is 32.2. The number of carbonyl (C=O) groups is 2. The van der Waals surface area contributed by atoms with Crippen LogP contribution in [0, 0.1) is 0 Å². The standard InChI is InChI=1S/C23H28N2O4S2/c26-21(24-11-5-1-2-6-12-24)8-4-3-7-13-25-22(27)20(31-23(25)30)15-17-9-10-18-19(14-17)29-16-28-18/h9-10,14-15H,1-8,11-13,16H2/b20-15-. The van der Waals surface area contributed by atoms with Crippen LogP contribution in [0.4, 0.5) is 0 Å². The van der Waals surface area contributed by atoms with Crippen LogP contribution in [0.2, 0.25) is 0 Å². The fourth-order valence-electron chi connectivity index (χ4n) is 4.05. The van der Waals surface area contributed by atoms with Gasteiger partial charge in [0.25, 0.3) is 5.91 Å². The van der Waals surface area contributed by atoms with Crippen molar-refractivity contribution in [2.75, 3.05) is 26.4 Å². The fourth-order valence-corrected chi connectivity index (χ4v) is 5.36. The van der Waals surface area contributed by atoms with Gasteiger partial charge in [-0.05, 0) is 49.5 Å². The summed E-state index contributed by atoms with van der Waals surface area (Å²) in [4.78, 5) is 29.5. The maximum atomic E-state index is 12.8. The lowest BCUT2D eigenvalue weighted by molar-refractivity contribution is -0.131. The normalized spacial score (nSPS) is 19.9. The number of benzene rings is 1. The average molecular weight is 461 g/mol. The lowest BCUT2D eigenvalue weighted by Gasteiger charge is -2.20. The highest BCUT2D eigenvalue weighted by Gasteiger charge is 2.31. The van der Waals surface area contributed by atoms with Crippen molar-refractivity contribution < 1.29 is 19.1 Å². The van der Waals surface area contributed by atoms with Gasteiger partial charge in [0.2, 0.25) is 12.7 Å². The number of ether oxygens (including phenoxy) is 2. The van der Waals surface area contributed by atoms with Crippen molar-refractivity contribution >= 4 is 46.2 Å². The van der Waals surface area contributed by atoms with Gasteiger partial charge in [0.15, 0.2) is 11.5 Å². The average Bonchev–Trinajstić information content (AvgIpc) is 3.20. The monoisotopic (exact) mass is 460 g/mol. The topological polar surface area (TPSA) is 59.1 Å². The molecule has 3 aliphatic heterocycles. The van der Waals surface area contributed by atoms with E-state index in [0.29, 0.717) is 27.9 Å². The summed E-state index contributed by atoms with van der Waals surface area (Å²) < 4.78 is 11.3. The molecule has 0 spiro atoms. The Labute approximate surface area is 192 Å². The predicted molar refractivity (Wildman–Crippen MR) is 126 cm³/mol. The van der Waals surface area contributed by atoms with Crippen LogP contribution in [0.15, 0.2) is 23.1 Å². The van der Waals surface area contributed by atoms with Gasteiger partial charge in [-0.25, -0.2) is 0 Å². The number of thiocarbonyl (C=S) groups is 1. The molecule has 6 nitrogen and oxygen atoms in total. The molecule has 1 aromatic rings. The summed E-state index contributed by atoms with van der Waals surface area (Å²) in [6, 6.07) is 5.62. The Morgan fingerprint density at radius 2 is 1.84 bits per heavy atom. The number of nitrogens with zero attached hydrogens (tertiary/aromatic N) is 2. The lowest BCUT2D eigenvalue weighted by Crippen LogP contribution is -2.31. The van der Waals surface area contributed by atoms with Crippen molar-refractivity contribution in [3.63, 3.8) is 0 Å². The first-order chi connectivity index (χ1) is 15.1. The summed E-state index contributed by atoms with van der Waals surface area (Å²) in [7, 11) is 0. The fraction of sp³-hybridized carbons (Fsp3) is 0.522. The van der Waals surface area contributed by atoms with Crippen molar-refractivity contribution in [1.29, 1.82) is 0 Å². The van der Waals surface area contributed by atoms with E-state index in [9.17, 15) is 9.59 Å². The molecule has 3 aliphatic rings. The molecule has 0 saturated carbocycles. The second-order valence-electron chi connectivity index (χ2n) is 8.05. The van der Waals surface area contributed by atoms with E-state index in [1.54, 1.807) is 4.90 Å². The molecule has 0 unspecified atom stereocenters. The molecule has 0 aliphatic carbocycles. The highest BCUT2D eigenvalue weighted by molar-refractivity contribution is 8.26. The summed E-state index contributed by atoms with van der Waals surface area (Å²) in [5.41, 5.74) is 0.886. The van der Waals surface area contributed by atoms with E-state index < -0.39 is 0 Å². The quantitative estimate of drug-likeness (QED) is 0.337. The zero-order chi connectivity index (χ0) is 21.6. The molecule has 0 N–H and O–H groups in total. The summed E-state index contributed by atoms with van der Waals surface area (Å²) in [6.45, 7) is 2.64. The van der Waals surface area contributed by atoms with Crippen molar-refractivity contribution in [1.82, 2.24) is 9.80 Å². The molecular weight excluding hydrogens is 432 g/mol. The molecule has 0 bridgehead atoms. The first-order valence-corrected chi connectivity index (χ1v) is 12.3. The number of carbonyl (C=O) groups excluding carboxylic acids is 2. The molecule has 0 aromatic heterocycles. The van der Waals surface area contributed by atoms with Gasteiger partial charge < -0.3 is 14.4 Å². The van der Waals surface area contributed by atoms with Crippen molar-refractivity contribution in [3.8, 4) is 11.5 Å². The van der Waals surface area contributed by atoms with E-state index in [0.717, 1.165) is 56.5 Å². The van der Waals surface area contributed by atoms with E-state index in [1.807, 2.05) is 29.2 Å². The largest absolute Gasteiger partial charge is 0.454 e. The summed E-state index contributed by atoms with van der Waals surface area (Å²) in [5.74, 6) is 1.64. The third-order valence-corrected chi connectivity index (χ3v) is 7.18. The molecule has 2 saturated heterocycles. The van der Waals surface area contributed by atoms with E-state index in [1.165, 1.54) is 24.6 Å². The van der Waals surface area contributed by atoms with Crippen LogP contribution in [0.5, 0.6) is 11.5 Å². The van der Waals surface area contributed by atoms with Crippen LogP contribution in [-0.2, 0) is 9.59 Å². The Balaban J connectivity index is 1.22. The summed E-state index contributed by atoms with van der Waals surface area (Å²) in [5, 5.41) is 0. The zero-order valence-corrected chi connectivity index (χ0v) is 19.3. The number of amides is 2. The molecule has 166 valence electrons. The van der Waals surface area contributed by atoms with E-state index >= 15 is 0 Å². The third kappa shape index (κ3) is 5.60. The first-order valence-electron chi connectivity index (χ1n) is 11.0. The first kappa shape index (κ1) is 22.1. The molecular formula is C23H28N2O4S2. The molecule has 2 fully saturated rings. The van der Waals surface area contributed by atoms with Crippen LogP contribution >= 0.6 is 24.0 Å². The van der Waals surface area contributed by atoms with Gasteiger partial charge in [0.1, 0.15) is 4.32 Å². The molecule has 0 radical (unpaired) electrons. The number of unbranched alkanes of at least 4 members (excludes halogenated alkanes) is 2. The number of fused-ring (bicyclic) bond motifs is 1. The van der Waals surface area contributed by atoms with E-state index in [4.69, 9.17) is 21.7 Å². The number of hydrogen-bond donors (Lipinski definition) is 0. The minimum absolute atomic E-state index is 0.0479. The van der Waals surface area contributed by atoms with Gasteiger partial charge in [-0.3, -0.25) is 14.5 Å². The van der Waals surface area contributed by atoms with Gasteiger partial charge in [-0.2, -0.15) is 0 Å². The molecule has 2 amide bonds. The molecule has 1 aromatic carbocycles. The molecule has 3 heterocycles. The Bertz CT molecular complexity index is 878. The lowest BCUT2D eigenvalue weighted by atomic mass is 10.1. The Morgan fingerprint density at radius 3 is 2.65 bits per heavy atom. The molecule has 8 heteroatoms. The number of rotatable bonds is 7. The van der Waals surface area contributed by atoms with E-state index in [-0.39, 0.29) is 18.6 Å². The van der Waals surface area contributed by atoms with Gasteiger partial charge in [0, 0.05) is 26.1 Å². The number of thioether (sulfide) groups is 1. The van der Waals surface area contributed by atoms with Gasteiger partial charge >= 0.3 is 0 Å². The van der Waals surface area contributed by atoms with Gasteiger partial charge in [-0.1, -0.05) is 49.3 Å². The van der Waals surface area contributed by atoms with Crippen LogP contribution in [0.3, 0.4) is 0 Å². The highest BCUT2D eigenvalue weighted by Crippen LogP contribution is 2.36. The van der Waals surface area contributed by atoms with E-state index in [2.05, 4.69) is 0 Å². The minimum Gasteiger partial charge on any atom is -0.454 e.